The summed E-state index contributed by atoms with van der Waals surface area (Å²) >= 11 is 0. The minimum absolute atomic E-state index is 0.146. The monoisotopic (exact) mass is 405 g/mol. The van der Waals surface area contributed by atoms with E-state index in [1.165, 1.54) is 36.8 Å². The fourth-order valence-corrected chi connectivity index (χ4v) is 6.61. The highest BCUT2D eigenvalue weighted by molar-refractivity contribution is 5.98. The second kappa shape index (κ2) is 6.74. The van der Waals surface area contributed by atoms with Crippen LogP contribution in [0, 0.1) is 5.92 Å². The lowest BCUT2D eigenvalue weighted by molar-refractivity contribution is -0.00848. The summed E-state index contributed by atoms with van der Waals surface area (Å²) in [6, 6.07) is 11.8. The van der Waals surface area contributed by atoms with E-state index in [4.69, 9.17) is 9.47 Å². The van der Waals surface area contributed by atoms with Crippen LogP contribution in [-0.4, -0.2) is 41.7 Å². The molecule has 1 saturated heterocycles. The molecule has 0 amide bonds. The first-order valence-corrected chi connectivity index (χ1v) is 11.1. The maximum atomic E-state index is 13.2. The maximum Gasteiger partial charge on any atom is 0.231 e. The van der Waals surface area contributed by atoms with E-state index in [0.29, 0.717) is 41.3 Å². The number of benzene rings is 2. The van der Waals surface area contributed by atoms with Crippen molar-refractivity contribution >= 4 is 5.78 Å². The van der Waals surface area contributed by atoms with Gasteiger partial charge in [0.25, 0.3) is 0 Å². The second-order valence-corrected chi connectivity index (χ2v) is 9.33. The number of nitrogens with zero attached hydrogens (tertiary/aromatic N) is 1. The molecule has 0 unspecified atom stereocenters. The summed E-state index contributed by atoms with van der Waals surface area (Å²) in [6.45, 7) is 1.61. The number of carbonyl (C=O) groups is 1. The lowest BCUT2D eigenvalue weighted by Gasteiger charge is -2.59. The third-order valence-corrected chi connectivity index (χ3v) is 7.98. The first-order chi connectivity index (χ1) is 14.6. The lowest BCUT2D eigenvalue weighted by atomic mass is 9.52. The molecular weight excluding hydrogens is 378 g/mol. The summed E-state index contributed by atoms with van der Waals surface area (Å²) in [5.74, 6) is 2.47. The smallest absolute Gasteiger partial charge is 0.231 e. The zero-order valence-electron chi connectivity index (χ0n) is 17.1. The average Bonchev–Trinajstić information content (AvgIpc) is 3.24. The quantitative estimate of drug-likeness (QED) is 0.781. The molecule has 5 nitrogen and oxygen atoms in total. The van der Waals surface area contributed by atoms with Crippen molar-refractivity contribution in [2.24, 2.45) is 5.92 Å². The minimum Gasteiger partial charge on any atom is -0.508 e. The summed E-state index contributed by atoms with van der Waals surface area (Å²) in [7, 11) is 0. The number of likely N-dealkylation sites (tertiary alicyclic amines) is 1. The van der Waals surface area contributed by atoms with Crippen molar-refractivity contribution in [2.75, 3.05) is 19.9 Å². The molecule has 2 fully saturated rings. The molecule has 4 aliphatic rings. The molecule has 1 N–H and O–H groups in total. The highest BCUT2D eigenvalue weighted by Crippen LogP contribution is 2.56. The van der Waals surface area contributed by atoms with E-state index >= 15 is 0 Å². The molecule has 6 rings (SSSR count). The third kappa shape index (κ3) is 2.68. The van der Waals surface area contributed by atoms with Crippen LogP contribution in [0.4, 0.5) is 0 Å². The van der Waals surface area contributed by atoms with E-state index < -0.39 is 0 Å². The van der Waals surface area contributed by atoms with Gasteiger partial charge in [0.05, 0.1) is 6.54 Å². The van der Waals surface area contributed by atoms with Crippen molar-refractivity contribution < 1.29 is 19.4 Å². The SMILES string of the molecule is O=C(CN1CC[C@@]23CCCC[C@H]2[C@@H]1Cc1ccc(O)cc13)c1ccc2c(c1)OCO2. The summed E-state index contributed by atoms with van der Waals surface area (Å²) in [6.07, 6.45) is 6.98. The third-order valence-electron chi connectivity index (χ3n) is 7.98. The first kappa shape index (κ1) is 18.3. The lowest BCUT2D eigenvalue weighted by Crippen LogP contribution is -2.61. The molecule has 2 aliphatic carbocycles. The molecule has 0 spiro atoms. The minimum atomic E-state index is 0.146. The molecule has 2 aromatic rings. The Morgan fingerprint density at radius 1 is 1.10 bits per heavy atom. The topological polar surface area (TPSA) is 59.0 Å². The number of carbonyl (C=O) groups excluding carboxylic acids is 1. The number of piperidine rings is 1. The van der Waals surface area contributed by atoms with Gasteiger partial charge in [-0.3, -0.25) is 9.69 Å². The molecule has 30 heavy (non-hydrogen) atoms. The van der Waals surface area contributed by atoms with Gasteiger partial charge < -0.3 is 14.6 Å². The number of fused-ring (bicyclic) bond motifs is 2. The Morgan fingerprint density at radius 3 is 2.93 bits per heavy atom. The largest absolute Gasteiger partial charge is 0.508 e. The van der Waals surface area contributed by atoms with Crippen LogP contribution in [0.15, 0.2) is 36.4 Å². The Hall–Kier alpha value is -2.53. The number of hydrogen-bond donors (Lipinski definition) is 1. The van der Waals surface area contributed by atoms with E-state index in [0.717, 1.165) is 19.4 Å². The van der Waals surface area contributed by atoms with Crippen LogP contribution < -0.4 is 9.47 Å². The molecule has 5 heteroatoms. The zero-order chi connectivity index (χ0) is 20.3. The summed E-state index contributed by atoms with van der Waals surface area (Å²) < 4.78 is 10.8. The molecule has 156 valence electrons. The fourth-order valence-electron chi connectivity index (χ4n) is 6.61. The van der Waals surface area contributed by atoms with Crippen molar-refractivity contribution in [1.29, 1.82) is 0 Å². The van der Waals surface area contributed by atoms with Crippen LogP contribution in [0.25, 0.3) is 0 Å². The van der Waals surface area contributed by atoms with E-state index in [9.17, 15) is 9.90 Å². The molecule has 0 radical (unpaired) electrons. The number of Topliss-reactive ketones (excluding diaryl/α,β-unsaturated/α-hetero) is 1. The predicted molar refractivity (Wildman–Crippen MR) is 112 cm³/mol. The van der Waals surface area contributed by atoms with Gasteiger partial charge in [0.15, 0.2) is 17.3 Å². The molecule has 3 atom stereocenters. The normalized spacial score (nSPS) is 29.2. The summed E-state index contributed by atoms with van der Waals surface area (Å²) in [5, 5.41) is 10.2. The van der Waals surface area contributed by atoms with Gasteiger partial charge >= 0.3 is 0 Å². The van der Waals surface area contributed by atoms with Gasteiger partial charge in [0, 0.05) is 17.0 Å². The number of phenolic OH excluding ortho intramolecular Hbond substituents is 1. The number of hydrogen-bond acceptors (Lipinski definition) is 5. The molecular formula is C25H27NO4. The number of ketones is 1. The molecule has 2 heterocycles. The second-order valence-electron chi connectivity index (χ2n) is 9.33. The first-order valence-electron chi connectivity index (χ1n) is 11.1. The van der Waals surface area contributed by atoms with E-state index in [-0.39, 0.29) is 18.0 Å². The molecule has 0 aromatic heterocycles. The zero-order valence-corrected chi connectivity index (χ0v) is 17.1. The highest BCUT2D eigenvalue weighted by atomic mass is 16.7. The summed E-state index contributed by atoms with van der Waals surface area (Å²) in [5.41, 5.74) is 3.61. The van der Waals surface area contributed by atoms with Crippen molar-refractivity contribution in [3.8, 4) is 17.2 Å². The molecule has 2 aliphatic heterocycles. The van der Waals surface area contributed by atoms with Gasteiger partial charge in [-0.05, 0) is 79.6 Å². The van der Waals surface area contributed by atoms with E-state index in [1.807, 2.05) is 30.3 Å². The van der Waals surface area contributed by atoms with Crippen LogP contribution in [-0.2, 0) is 11.8 Å². The standard InChI is InChI=1S/C25H27NO4/c27-18-6-4-16-11-21-19-3-1-2-8-25(19,20(16)13-18)9-10-26(21)14-22(28)17-5-7-23-24(12-17)30-15-29-23/h4-7,12-13,19,21,27H,1-3,8-11,14-15H2/t19-,21-,25-/m0/s1. The van der Waals surface area contributed by atoms with E-state index in [1.54, 1.807) is 0 Å². The number of phenols is 1. The Bertz CT molecular complexity index is 1020. The van der Waals surface area contributed by atoms with Crippen molar-refractivity contribution in [3.05, 3.63) is 53.1 Å². The number of ether oxygens (including phenoxy) is 2. The molecule has 1 saturated carbocycles. The Labute approximate surface area is 176 Å². The van der Waals surface area contributed by atoms with Gasteiger partial charge in [-0.15, -0.1) is 0 Å². The van der Waals surface area contributed by atoms with Crippen LogP contribution in [0.3, 0.4) is 0 Å². The summed E-state index contributed by atoms with van der Waals surface area (Å²) in [4.78, 5) is 15.6. The van der Waals surface area contributed by atoms with Crippen LogP contribution >= 0.6 is 0 Å². The van der Waals surface area contributed by atoms with Gasteiger partial charge in [-0.1, -0.05) is 18.9 Å². The number of aromatic hydroxyl groups is 1. The molecule has 2 aromatic carbocycles. The Balaban J connectivity index is 1.30. The van der Waals surface area contributed by atoms with Crippen LogP contribution in [0.5, 0.6) is 17.2 Å². The Morgan fingerprint density at radius 2 is 2.00 bits per heavy atom. The van der Waals surface area contributed by atoms with Gasteiger partial charge in [-0.2, -0.15) is 0 Å². The maximum absolute atomic E-state index is 13.2. The molecule has 2 bridgehead atoms. The van der Waals surface area contributed by atoms with Crippen LogP contribution in [0.2, 0.25) is 0 Å². The highest BCUT2D eigenvalue weighted by Gasteiger charge is 2.53. The van der Waals surface area contributed by atoms with Crippen molar-refractivity contribution in [2.45, 2.75) is 50.0 Å². The van der Waals surface area contributed by atoms with Crippen molar-refractivity contribution in [3.63, 3.8) is 0 Å². The van der Waals surface area contributed by atoms with Gasteiger partial charge in [-0.25, -0.2) is 0 Å². The van der Waals surface area contributed by atoms with Gasteiger partial charge in [0.2, 0.25) is 6.79 Å². The average molecular weight is 405 g/mol. The van der Waals surface area contributed by atoms with Gasteiger partial charge in [0.1, 0.15) is 5.75 Å². The van der Waals surface area contributed by atoms with E-state index in [2.05, 4.69) is 11.0 Å². The Kier molecular flexibility index (Phi) is 4.10. The van der Waals surface area contributed by atoms with Crippen molar-refractivity contribution in [1.82, 2.24) is 4.90 Å². The van der Waals surface area contributed by atoms with Crippen LogP contribution in [0.1, 0.15) is 53.6 Å². The number of rotatable bonds is 3. The predicted octanol–water partition coefficient (Wildman–Crippen LogP) is 4.06. The fraction of sp³-hybridized carbons (Fsp3) is 0.480.